The maximum atomic E-state index is 12.6. The summed E-state index contributed by atoms with van der Waals surface area (Å²) in [5, 5.41) is 3.54. The predicted molar refractivity (Wildman–Crippen MR) is 96.4 cm³/mol. The molecule has 0 unspecified atom stereocenters. The summed E-state index contributed by atoms with van der Waals surface area (Å²) >= 11 is 0. The monoisotopic (exact) mass is 316 g/mol. The van der Waals surface area contributed by atoms with Crippen molar-refractivity contribution in [2.24, 2.45) is 0 Å². The summed E-state index contributed by atoms with van der Waals surface area (Å²) in [5.74, 6) is 0. The van der Waals surface area contributed by atoms with Gasteiger partial charge in [-0.3, -0.25) is 5.01 Å². The fourth-order valence-corrected chi connectivity index (χ4v) is 2.08. The minimum absolute atomic E-state index is 0.354. The third kappa shape index (κ3) is 6.59. The van der Waals surface area contributed by atoms with E-state index in [-0.39, 0.29) is 6.09 Å². The molecule has 0 aromatic heterocycles. The van der Waals surface area contributed by atoms with Gasteiger partial charge in [-0.15, -0.1) is 13.2 Å². The van der Waals surface area contributed by atoms with Crippen molar-refractivity contribution < 1.29 is 9.53 Å². The van der Waals surface area contributed by atoms with Crippen LogP contribution in [-0.4, -0.2) is 29.8 Å². The molecule has 4 heteroatoms. The Kier molecular flexibility index (Phi) is 7.39. The van der Waals surface area contributed by atoms with Crippen LogP contribution < -0.4 is 5.01 Å². The molecular weight excluding hydrogens is 288 g/mol. The highest BCUT2D eigenvalue weighted by Gasteiger charge is 2.26. The van der Waals surface area contributed by atoms with Crippen LogP contribution in [0.3, 0.4) is 0 Å². The molecule has 0 saturated heterocycles. The van der Waals surface area contributed by atoms with Gasteiger partial charge >= 0.3 is 6.09 Å². The van der Waals surface area contributed by atoms with Gasteiger partial charge in [0.05, 0.1) is 12.2 Å². The van der Waals surface area contributed by atoms with Crippen LogP contribution in [0, 0.1) is 0 Å². The molecule has 0 fully saturated rings. The minimum Gasteiger partial charge on any atom is -0.442 e. The Morgan fingerprint density at radius 3 is 2.35 bits per heavy atom. The Morgan fingerprint density at radius 2 is 1.83 bits per heavy atom. The van der Waals surface area contributed by atoms with Gasteiger partial charge in [-0.25, -0.2) is 9.80 Å². The van der Waals surface area contributed by atoms with Gasteiger partial charge in [0.25, 0.3) is 0 Å². The van der Waals surface area contributed by atoms with Gasteiger partial charge in [-0.1, -0.05) is 30.4 Å². The molecular formula is C19H28N2O2. The largest absolute Gasteiger partial charge is 0.442 e. The number of anilines is 1. The third-order valence-corrected chi connectivity index (χ3v) is 3.03. The lowest BCUT2D eigenvalue weighted by Crippen LogP contribution is -2.49. The number of benzene rings is 1. The van der Waals surface area contributed by atoms with E-state index in [1.807, 2.05) is 62.2 Å². The van der Waals surface area contributed by atoms with E-state index in [9.17, 15) is 4.79 Å². The maximum Gasteiger partial charge on any atom is 0.429 e. The normalized spacial score (nSPS) is 10.7. The van der Waals surface area contributed by atoms with Crippen molar-refractivity contribution >= 4 is 11.8 Å². The molecule has 0 aliphatic rings. The Balaban J connectivity index is 3.03. The summed E-state index contributed by atoms with van der Waals surface area (Å²) in [6.07, 6.45) is 4.94. The average Bonchev–Trinajstić information content (AvgIpc) is 2.49. The third-order valence-electron chi connectivity index (χ3n) is 3.03. The Morgan fingerprint density at radius 1 is 1.17 bits per heavy atom. The molecule has 0 spiro atoms. The van der Waals surface area contributed by atoms with E-state index in [4.69, 9.17) is 4.74 Å². The number of ether oxygens (including phenoxy) is 1. The van der Waals surface area contributed by atoms with E-state index in [0.29, 0.717) is 13.1 Å². The minimum atomic E-state index is -0.537. The number of hydrazine groups is 1. The zero-order valence-corrected chi connectivity index (χ0v) is 14.5. The molecule has 0 aliphatic carbocycles. The number of allylic oxidation sites excluding steroid dienone is 1. The van der Waals surface area contributed by atoms with E-state index < -0.39 is 5.60 Å². The van der Waals surface area contributed by atoms with E-state index in [1.165, 1.54) is 0 Å². The summed E-state index contributed by atoms with van der Waals surface area (Å²) in [6.45, 7) is 14.2. The molecule has 0 saturated carbocycles. The highest BCUT2D eigenvalue weighted by Crippen LogP contribution is 2.19. The summed E-state index contributed by atoms with van der Waals surface area (Å²) in [7, 11) is 0. The van der Waals surface area contributed by atoms with Gasteiger partial charge in [0.1, 0.15) is 5.60 Å². The number of nitrogens with zero attached hydrogens (tertiary/aromatic N) is 2. The Hall–Kier alpha value is -2.23. The van der Waals surface area contributed by atoms with Crippen molar-refractivity contribution in [3.63, 3.8) is 0 Å². The van der Waals surface area contributed by atoms with Gasteiger partial charge in [-0.2, -0.15) is 0 Å². The molecule has 0 aliphatic heterocycles. The number of hydrogen-bond donors (Lipinski definition) is 0. The molecule has 1 amide bonds. The number of para-hydroxylation sites is 1. The van der Waals surface area contributed by atoms with E-state index in [2.05, 4.69) is 13.2 Å². The summed E-state index contributed by atoms with van der Waals surface area (Å²) < 4.78 is 5.56. The first-order valence-electron chi connectivity index (χ1n) is 7.94. The van der Waals surface area contributed by atoms with Crippen molar-refractivity contribution in [2.45, 2.75) is 39.2 Å². The second-order valence-electron chi connectivity index (χ2n) is 6.24. The molecule has 0 heterocycles. The van der Waals surface area contributed by atoms with E-state index >= 15 is 0 Å². The number of carbonyl (C=O) groups excluding carboxylic acids is 1. The Labute approximate surface area is 140 Å². The highest BCUT2D eigenvalue weighted by atomic mass is 16.6. The molecule has 0 N–H and O–H groups in total. The predicted octanol–water partition coefficient (Wildman–Crippen LogP) is 4.80. The van der Waals surface area contributed by atoms with Crippen LogP contribution in [0.5, 0.6) is 0 Å². The average molecular weight is 316 g/mol. The van der Waals surface area contributed by atoms with Crippen molar-refractivity contribution in [2.75, 3.05) is 18.1 Å². The quantitative estimate of drug-likeness (QED) is 0.392. The number of amides is 1. The number of unbranched alkanes of at least 4 members (excludes halogenated alkanes) is 1. The van der Waals surface area contributed by atoms with E-state index in [1.54, 1.807) is 11.1 Å². The van der Waals surface area contributed by atoms with Crippen molar-refractivity contribution in [3.8, 4) is 0 Å². The van der Waals surface area contributed by atoms with Crippen LogP contribution in [0.4, 0.5) is 10.5 Å². The first-order chi connectivity index (χ1) is 10.9. The van der Waals surface area contributed by atoms with Crippen LogP contribution in [0.1, 0.15) is 33.6 Å². The number of rotatable bonds is 8. The molecule has 1 aromatic rings. The lowest BCUT2D eigenvalue weighted by molar-refractivity contribution is 0.0228. The fourth-order valence-electron chi connectivity index (χ4n) is 2.08. The Bertz CT molecular complexity index is 506. The first kappa shape index (κ1) is 18.8. The first-order valence-corrected chi connectivity index (χ1v) is 7.94. The topological polar surface area (TPSA) is 32.8 Å². The van der Waals surface area contributed by atoms with Gasteiger partial charge in [-0.05, 0) is 45.7 Å². The van der Waals surface area contributed by atoms with Gasteiger partial charge in [0, 0.05) is 6.54 Å². The molecule has 23 heavy (non-hydrogen) atoms. The van der Waals surface area contributed by atoms with Crippen molar-refractivity contribution in [1.29, 1.82) is 0 Å². The zero-order valence-electron chi connectivity index (χ0n) is 14.5. The summed E-state index contributed by atoms with van der Waals surface area (Å²) in [6, 6.07) is 9.78. The molecule has 126 valence electrons. The lowest BCUT2D eigenvalue weighted by Gasteiger charge is -2.37. The second-order valence-corrected chi connectivity index (χ2v) is 6.24. The molecule has 4 nitrogen and oxygen atoms in total. The van der Waals surface area contributed by atoms with Crippen LogP contribution >= 0.6 is 0 Å². The van der Waals surface area contributed by atoms with Crippen molar-refractivity contribution in [3.05, 3.63) is 55.6 Å². The van der Waals surface area contributed by atoms with Crippen LogP contribution in [0.25, 0.3) is 0 Å². The molecule has 0 atom stereocenters. The SMILES string of the molecule is C=CCCCN(C(=O)OC(C)(C)C)N(CC=C)c1ccccc1. The summed E-state index contributed by atoms with van der Waals surface area (Å²) in [4.78, 5) is 12.6. The van der Waals surface area contributed by atoms with Crippen LogP contribution in [0.2, 0.25) is 0 Å². The molecule has 0 radical (unpaired) electrons. The van der Waals surface area contributed by atoms with Crippen LogP contribution in [0.15, 0.2) is 55.6 Å². The molecule has 0 bridgehead atoms. The standard InChI is InChI=1S/C19H28N2O2/c1-6-8-12-16-21(18(22)23-19(3,4)5)20(15-7-2)17-13-10-9-11-14-17/h6-7,9-11,13-14H,1-2,8,12,15-16H2,3-5H3. The van der Waals surface area contributed by atoms with Gasteiger partial charge in [0.15, 0.2) is 0 Å². The fraction of sp³-hybridized carbons (Fsp3) is 0.421. The molecule has 1 rings (SSSR count). The smallest absolute Gasteiger partial charge is 0.429 e. The second kappa shape index (κ2) is 9.03. The van der Waals surface area contributed by atoms with Gasteiger partial charge in [0.2, 0.25) is 0 Å². The van der Waals surface area contributed by atoms with Crippen LogP contribution in [-0.2, 0) is 4.74 Å². The zero-order chi connectivity index (χ0) is 17.3. The summed E-state index contributed by atoms with van der Waals surface area (Å²) in [5.41, 5.74) is 0.390. The number of hydrogen-bond acceptors (Lipinski definition) is 3. The van der Waals surface area contributed by atoms with E-state index in [0.717, 1.165) is 18.5 Å². The van der Waals surface area contributed by atoms with Crippen molar-refractivity contribution in [1.82, 2.24) is 5.01 Å². The highest BCUT2D eigenvalue weighted by molar-refractivity contribution is 5.71. The lowest BCUT2D eigenvalue weighted by atomic mass is 10.2. The maximum absolute atomic E-state index is 12.6. The molecule has 1 aromatic carbocycles. The number of carbonyl (C=O) groups is 1. The van der Waals surface area contributed by atoms with Gasteiger partial charge < -0.3 is 4.74 Å².